The van der Waals surface area contributed by atoms with E-state index in [0.717, 1.165) is 6.42 Å². The van der Waals surface area contributed by atoms with E-state index >= 15 is 0 Å². The molecule has 0 unspecified atom stereocenters. The normalized spacial score (nSPS) is 10.7. The Hall–Kier alpha value is -1.67. The molecule has 8 heteroatoms. The van der Waals surface area contributed by atoms with Gasteiger partial charge in [-0.2, -0.15) is 5.10 Å². The molecule has 108 valence electrons. The molecule has 0 aliphatic carbocycles. The highest BCUT2D eigenvalue weighted by atomic mass is 16.6. The van der Waals surface area contributed by atoms with Gasteiger partial charge in [0.05, 0.1) is 24.7 Å². The number of aryl methyl sites for hydroxylation is 2. The zero-order valence-electron chi connectivity index (χ0n) is 11.3. The second-order valence-corrected chi connectivity index (χ2v) is 4.03. The van der Waals surface area contributed by atoms with Gasteiger partial charge in [0.25, 0.3) is 0 Å². The molecule has 0 aliphatic heterocycles. The summed E-state index contributed by atoms with van der Waals surface area (Å²) in [5.74, 6) is 0.414. The zero-order chi connectivity index (χ0) is 14.3. The summed E-state index contributed by atoms with van der Waals surface area (Å²) in [5, 5.41) is 26.8. The third kappa shape index (κ3) is 4.18. The molecule has 0 saturated carbocycles. The van der Waals surface area contributed by atoms with Gasteiger partial charge in [-0.15, -0.1) is 0 Å². The Morgan fingerprint density at radius 3 is 2.84 bits per heavy atom. The number of nitrogens with one attached hydrogen (secondary N) is 1. The Labute approximate surface area is 111 Å². The molecule has 0 aromatic carbocycles. The van der Waals surface area contributed by atoms with Crippen molar-refractivity contribution in [2.24, 2.45) is 0 Å². The van der Waals surface area contributed by atoms with Crippen molar-refractivity contribution < 1.29 is 14.8 Å². The fourth-order valence-electron chi connectivity index (χ4n) is 1.75. The van der Waals surface area contributed by atoms with E-state index in [0.29, 0.717) is 31.2 Å². The first-order valence-corrected chi connectivity index (χ1v) is 6.26. The molecule has 1 rings (SSSR count). The third-order valence-electron chi connectivity index (χ3n) is 2.49. The Kier molecular flexibility index (Phi) is 6.23. The average molecular weight is 272 g/mol. The summed E-state index contributed by atoms with van der Waals surface area (Å²) in [6, 6.07) is 0. The van der Waals surface area contributed by atoms with E-state index in [-0.39, 0.29) is 18.9 Å². The van der Waals surface area contributed by atoms with Crippen molar-refractivity contribution >= 4 is 11.5 Å². The molecule has 0 bridgehead atoms. The van der Waals surface area contributed by atoms with E-state index in [2.05, 4.69) is 10.4 Å². The van der Waals surface area contributed by atoms with Gasteiger partial charge in [-0.05, 0) is 13.3 Å². The van der Waals surface area contributed by atoms with E-state index in [1.807, 2.05) is 6.92 Å². The van der Waals surface area contributed by atoms with Gasteiger partial charge in [-0.3, -0.25) is 10.1 Å². The Balaban J connectivity index is 2.74. The van der Waals surface area contributed by atoms with Crippen LogP contribution in [0.5, 0.6) is 0 Å². The third-order valence-corrected chi connectivity index (χ3v) is 2.49. The summed E-state index contributed by atoms with van der Waals surface area (Å²) in [6.45, 7) is 5.25. The highest BCUT2D eigenvalue weighted by Crippen LogP contribution is 2.28. The van der Waals surface area contributed by atoms with Crippen molar-refractivity contribution in [1.82, 2.24) is 9.78 Å². The van der Waals surface area contributed by atoms with E-state index in [1.54, 1.807) is 11.6 Å². The van der Waals surface area contributed by atoms with Crippen LogP contribution in [-0.4, -0.2) is 46.2 Å². The van der Waals surface area contributed by atoms with Crippen LogP contribution >= 0.6 is 0 Å². The number of nitrogens with zero attached hydrogens (tertiary/aromatic N) is 3. The van der Waals surface area contributed by atoms with Crippen LogP contribution < -0.4 is 5.32 Å². The van der Waals surface area contributed by atoms with Gasteiger partial charge in [0.2, 0.25) is 5.82 Å². The number of anilines is 1. The summed E-state index contributed by atoms with van der Waals surface area (Å²) in [4.78, 5) is 10.6. The fraction of sp³-hybridized carbons (Fsp3) is 0.727. The summed E-state index contributed by atoms with van der Waals surface area (Å²) >= 11 is 0. The number of ether oxygens (including phenoxy) is 1. The Morgan fingerprint density at radius 1 is 1.53 bits per heavy atom. The topological polar surface area (TPSA) is 102 Å². The number of aliphatic hydroxyl groups is 1. The smallest absolute Gasteiger partial charge is 0.333 e. The van der Waals surface area contributed by atoms with Crippen LogP contribution in [-0.2, 0) is 11.3 Å². The standard InChI is InChI=1S/C11H20N4O4/c1-3-5-14-11(12-4-7-19-8-6-16)10(15(17)18)9(2)13-14/h12,16H,3-8H2,1-2H3. The highest BCUT2D eigenvalue weighted by Gasteiger charge is 2.24. The van der Waals surface area contributed by atoms with E-state index < -0.39 is 4.92 Å². The number of aliphatic hydroxyl groups excluding tert-OH is 1. The van der Waals surface area contributed by atoms with Crippen molar-refractivity contribution in [2.45, 2.75) is 26.8 Å². The molecule has 0 radical (unpaired) electrons. The summed E-state index contributed by atoms with van der Waals surface area (Å²) < 4.78 is 6.71. The van der Waals surface area contributed by atoms with Gasteiger partial charge in [-0.25, -0.2) is 4.68 Å². The first-order chi connectivity index (χ1) is 9.11. The zero-order valence-corrected chi connectivity index (χ0v) is 11.3. The predicted molar refractivity (Wildman–Crippen MR) is 70.3 cm³/mol. The van der Waals surface area contributed by atoms with E-state index in [4.69, 9.17) is 9.84 Å². The van der Waals surface area contributed by atoms with Crippen LogP contribution in [0.3, 0.4) is 0 Å². The molecule has 2 N–H and O–H groups in total. The summed E-state index contributed by atoms with van der Waals surface area (Å²) in [7, 11) is 0. The molecule has 0 aliphatic rings. The minimum Gasteiger partial charge on any atom is -0.394 e. The van der Waals surface area contributed by atoms with Crippen molar-refractivity contribution in [3.63, 3.8) is 0 Å². The first kappa shape index (κ1) is 15.4. The van der Waals surface area contributed by atoms with Gasteiger partial charge < -0.3 is 15.2 Å². The monoisotopic (exact) mass is 272 g/mol. The van der Waals surface area contributed by atoms with Crippen LogP contribution in [0.25, 0.3) is 0 Å². The second-order valence-electron chi connectivity index (χ2n) is 4.03. The molecule has 1 aromatic rings. The van der Waals surface area contributed by atoms with Crippen LogP contribution in [0.4, 0.5) is 11.5 Å². The van der Waals surface area contributed by atoms with Crippen molar-refractivity contribution in [2.75, 3.05) is 31.7 Å². The quantitative estimate of drug-likeness (QED) is 0.394. The van der Waals surface area contributed by atoms with Crippen LogP contribution in [0, 0.1) is 17.0 Å². The lowest BCUT2D eigenvalue weighted by Crippen LogP contribution is -2.15. The SMILES string of the molecule is CCCn1nc(C)c([N+](=O)[O-])c1NCCOCCO. The number of hydrogen-bond donors (Lipinski definition) is 2. The molecule has 8 nitrogen and oxygen atoms in total. The maximum Gasteiger partial charge on any atom is 0.333 e. The van der Waals surface area contributed by atoms with Crippen LogP contribution in [0.15, 0.2) is 0 Å². The van der Waals surface area contributed by atoms with Gasteiger partial charge in [0, 0.05) is 13.1 Å². The van der Waals surface area contributed by atoms with Gasteiger partial charge in [0.15, 0.2) is 0 Å². The van der Waals surface area contributed by atoms with Crippen molar-refractivity contribution in [3.05, 3.63) is 15.8 Å². The largest absolute Gasteiger partial charge is 0.394 e. The minimum absolute atomic E-state index is 0.00982. The summed E-state index contributed by atoms with van der Waals surface area (Å²) in [5.41, 5.74) is 0.410. The lowest BCUT2D eigenvalue weighted by Gasteiger charge is -2.08. The lowest BCUT2D eigenvalue weighted by molar-refractivity contribution is -0.384. The fourth-order valence-corrected chi connectivity index (χ4v) is 1.75. The maximum absolute atomic E-state index is 11.0. The van der Waals surface area contributed by atoms with Gasteiger partial charge >= 0.3 is 5.69 Å². The molecule has 0 amide bonds. The lowest BCUT2D eigenvalue weighted by atomic mass is 10.4. The van der Waals surface area contributed by atoms with Gasteiger partial charge in [-0.1, -0.05) is 6.92 Å². The van der Waals surface area contributed by atoms with E-state index in [9.17, 15) is 10.1 Å². The molecular formula is C11H20N4O4. The first-order valence-electron chi connectivity index (χ1n) is 6.26. The number of hydrogen-bond acceptors (Lipinski definition) is 6. The Bertz CT molecular complexity index is 419. The maximum atomic E-state index is 11.0. The average Bonchev–Trinajstić information content (AvgIpc) is 2.66. The van der Waals surface area contributed by atoms with Crippen LogP contribution in [0.1, 0.15) is 19.0 Å². The minimum atomic E-state index is -0.425. The molecule has 0 atom stereocenters. The molecular weight excluding hydrogens is 252 g/mol. The summed E-state index contributed by atoms with van der Waals surface area (Å²) in [6.07, 6.45) is 0.841. The Morgan fingerprint density at radius 2 is 2.26 bits per heavy atom. The molecule has 0 fully saturated rings. The number of nitro groups is 1. The molecule has 19 heavy (non-hydrogen) atoms. The highest BCUT2D eigenvalue weighted by molar-refractivity contribution is 5.59. The van der Waals surface area contributed by atoms with E-state index in [1.165, 1.54) is 0 Å². The number of aromatic nitrogens is 2. The molecule has 0 saturated heterocycles. The van der Waals surface area contributed by atoms with Gasteiger partial charge in [0.1, 0.15) is 5.69 Å². The number of rotatable bonds is 9. The molecule has 1 aromatic heterocycles. The predicted octanol–water partition coefficient (Wildman–Crippen LogP) is 0.931. The van der Waals surface area contributed by atoms with Crippen LogP contribution in [0.2, 0.25) is 0 Å². The van der Waals surface area contributed by atoms with Crippen molar-refractivity contribution in [1.29, 1.82) is 0 Å². The van der Waals surface area contributed by atoms with Crippen molar-refractivity contribution in [3.8, 4) is 0 Å². The molecule has 1 heterocycles. The molecule has 0 spiro atoms. The second kappa shape index (κ2) is 7.70.